The lowest BCUT2D eigenvalue weighted by atomic mass is 9.97. The molecule has 0 spiro atoms. The molecule has 138 valence electrons. The molecule has 4 N–H and O–H groups in total. The molecule has 8 nitrogen and oxygen atoms in total. The zero-order valence-corrected chi connectivity index (χ0v) is 12.9. The Labute approximate surface area is 142 Å². The molecule has 11 heteroatoms. The summed E-state index contributed by atoms with van der Waals surface area (Å²) in [6, 6.07) is 5.85. The molecule has 1 aliphatic heterocycles. The van der Waals surface area contributed by atoms with E-state index in [0.717, 1.165) is 4.57 Å². The molecule has 0 aliphatic carbocycles. The second kappa shape index (κ2) is 5.73. The molecule has 2 heterocycles. The number of aryl methyl sites for hydroxylation is 1. The Morgan fingerprint density at radius 1 is 1.12 bits per heavy atom. The predicted octanol–water partition coefficient (Wildman–Crippen LogP) is 0.187. The average molecular weight is 371 g/mol. The van der Waals surface area contributed by atoms with E-state index >= 15 is 0 Å². The minimum Gasteiger partial charge on any atom is -0.508 e. The van der Waals surface area contributed by atoms with Gasteiger partial charge in [-0.3, -0.25) is 19.1 Å². The van der Waals surface area contributed by atoms with Crippen LogP contribution < -0.4 is 16.6 Å². The van der Waals surface area contributed by atoms with Crippen molar-refractivity contribution in [3.63, 3.8) is 0 Å². The van der Waals surface area contributed by atoms with Crippen LogP contribution >= 0.6 is 0 Å². The molecular weight excluding hydrogens is 359 g/mol. The minimum atomic E-state index is -5.45. The van der Waals surface area contributed by atoms with Crippen LogP contribution in [0.1, 0.15) is 11.1 Å². The lowest BCUT2D eigenvalue weighted by Gasteiger charge is -2.22. The molecule has 0 radical (unpaired) electrons. The molecule has 1 aliphatic rings. The number of aromatic amines is 1. The largest absolute Gasteiger partial charge is 0.508 e. The van der Waals surface area contributed by atoms with Gasteiger partial charge < -0.3 is 15.5 Å². The summed E-state index contributed by atoms with van der Waals surface area (Å²) in [4.78, 5) is 37.3. The van der Waals surface area contributed by atoms with Crippen LogP contribution in [0.2, 0.25) is 0 Å². The third-order valence-electron chi connectivity index (χ3n) is 4.09. The highest BCUT2D eigenvalue weighted by atomic mass is 19.4. The van der Waals surface area contributed by atoms with Crippen molar-refractivity contribution >= 4 is 11.7 Å². The second-order valence-electron chi connectivity index (χ2n) is 5.71. The number of amides is 1. The van der Waals surface area contributed by atoms with E-state index in [-0.39, 0.29) is 18.7 Å². The molecule has 1 unspecified atom stereocenters. The van der Waals surface area contributed by atoms with E-state index < -0.39 is 40.3 Å². The summed E-state index contributed by atoms with van der Waals surface area (Å²) in [5, 5.41) is 20.9. The number of hydrogen-bond acceptors (Lipinski definition) is 5. The highest BCUT2D eigenvalue weighted by Crippen LogP contribution is 2.44. The van der Waals surface area contributed by atoms with E-state index in [9.17, 15) is 37.8 Å². The van der Waals surface area contributed by atoms with Crippen LogP contribution in [0.15, 0.2) is 33.9 Å². The monoisotopic (exact) mass is 371 g/mol. The number of fused-ring (bicyclic) bond motifs is 1. The van der Waals surface area contributed by atoms with E-state index in [0.29, 0.717) is 5.56 Å². The van der Waals surface area contributed by atoms with Crippen molar-refractivity contribution in [2.24, 2.45) is 0 Å². The molecule has 1 amide bonds. The smallest absolute Gasteiger partial charge is 0.431 e. The fourth-order valence-electron chi connectivity index (χ4n) is 2.74. The molecular formula is C15H12F3N3O5. The number of aromatic hydroxyl groups is 1. The number of H-pyrrole nitrogens is 1. The normalized spacial score (nSPS) is 19.3. The number of hydrogen-bond donors (Lipinski definition) is 4. The van der Waals surface area contributed by atoms with Crippen molar-refractivity contribution in [1.82, 2.24) is 9.55 Å². The van der Waals surface area contributed by atoms with Gasteiger partial charge in [-0.05, 0) is 24.1 Å². The van der Waals surface area contributed by atoms with Crippen molar-refractivity contribution in [3.8, 4) is 5.75 Å². The topological polar surface area (TPSA) is 124 Å². The summed E-state index contributed by atoms with van der Waals surface area (Å²) in [5.41, 5.74) is -7.18. The number of alkyl halides is 3. The van der Waals surface area contributed by atoms with Gasteiger partial charge in [0, 0.05) is 6.54 Å². The first kappa shape index (κ1) is 17.7. The van der Waals surface area contributed by atoms with Crippen LogP contribution in [0.5, 0.6) is 5.75 Å². The summed E-state index contributed by atoms with van der Waals surface area (Å²) >= 11 is 0. The van der Waals surface area contributed by atoms with Crippen LogP contribution in [-0.2, 0) is 23.4 Å². The number of nitrogens with one attached hydrogen (secondary N) is 2. The van der Waals surface area contributed by atoms with Crippen LogP contribution in [0.25, 0.3) is 0 Å². The highest BCUT2D eigenvalue weighted by Gasteiger charge is 2.66. The lowest BCUT2D eigenvalue weighted by Crippen LogP contribution is -2.50. The van der Waals surface area contributed by atoms with Gasteiger partial charge in [-0.1, -0.05) is 12.1 Å². The highest BCUT2D eigenvalue weighted by molar-refractivity contribution is 6.04. The van der Waals surface area contributed by atoms with Gasteiger partial charge in [0.25, 0.3) is 17.1 Å². The van der Waals surface area contributed by atoms with Crippen LogP contribution in [-0.4, -0.2) is 31.8 Å². The van der Waals surface area contributed by atoms with Crippen LogP contribution in [0.4, 0.5) is 19.0 Å². The molecule has 2 aromatic rings. The first-order valence-electron chi connectivity index (χ1n) is 7.31. The summed E-state index contributed by atoms with van der Waals surface area (Å²) in [5.74, 6) is -2.53. The number of halogens is 3. The van der Waals surface area contributed by atoms with Crippen molar-refractivity contribution in [2.45, 2.75) is 24.7 Å². The van der Waals surface area contributed by atoms with Crippen LogP contribution in [0.3, 0.4) is 0 Å². The zero-order valence-electron chi connectivity index (χ0n) is 12.9. The fourth-order valence-corrected chi connectivity index (χ4v) is 2.74. The van der Waals surface area contributed by atoms with Gasteiger partial charge in [0.15, 0.2) is 0 Å². The van der Waals surface area contributed by atoms with Gasteiger partial charge in [0.1, 0.15) is 17.1 Å². The predicted molar refractivity (Wildman–Crippen MR) is 81.7 cm³/mol. The molecule has 1 aromatic heterocycles. The third kappa shape index (κ3) is 2.56. The molecule has 0 bridgehead atoms. The van der Waals surface area contributed by atoms with Gasteiger partial charge in [-0.15, -0.1) is 0 Å². The fraction of sp³-hybridized carbons (Fsp3) is 0.267. The number of carbonyl (C=O) groups excluding carboxylic acids is 1. The minimum absolute atomic E-state index is 0.0124. The van der Waals surface area contributed by atoms with Crippen molar-refractivity contribution in [3.05, 3.63) is 56.2 Å². The number of phenolic OH excluding ortho intramolecular Hbond substituents is 1. The molecule has 3 rings (SSSR count). The molecule has 0 saturated carbocycles. The Kier molecular flexibility index (Phi) is 3.91. The van der Waals surface area contributed by atoms with Crippen LogP contribution in [0, 0.1) is 0 Å². The lowest BCUT2D eigenvalue weighted by molar-refractivity contribution is -0.252. The van der Waals surface area contributed by atoms with E-state index in [2.05, 4.69) is 0 Å². The van der Waals surface area contributed by atoms with E-state index in [1.54, 1.807) is 10.3 Å². The standard InChI is InChI=1S/C15H12F3N3O5/c16-15(17,18)14(26)9-10(19-12(14)24)21(13(25)20-11(9)23)6-5-7-1-3-8(22)4-2-7/h1-4,22,26H,5-6H2,(H,19,24)(H,20,23,25). The van der Waals surface area contributed by atoms with E-state index in [4.69, 9.17) is 0 Å². The Bertz CT molecular complexity index is 994. The number of carbonyl (C=O) groups is 1. The SMILES string of the molecule is O=C1Nc2c(c(=O)[nH]c(=O)n2CCc2ccc(O)cc2)C1(O)C(F)(F)F. The molecule has 1 atom stereocenters. The Morgan fingerprint density at radius 2 is 1.73 bits per heavy atom. The number of anilines is 1. The summed E-state index contributed by atoms with van der Waals surface area (Å²) in [6.45, 7) is -0.184. The van der Waals surface area contributed by atoms with Crippen molar-refractivity contribution < 1.29 is 28.2 Å². The maximum absolute atomic E-state index is 13.2. The Balaban J connectivity index is 2.07. The number of rotatable bonds is 3. The number of aliphatic hydroxyl groups is 1. The maximum atomic E-state index is 13.2. The van der Waals surface area contributed by atoms with Crippen molar-refractivity contribution in [2.75, 3.05) is 5.32 Å². The first-order chi connectivity index (χ1) is 12.1. The van der Waals surface area contributed by atoms with Gasteiger partial charge in [-0.2, -0.15) is 13.2 Å². The number of phenols is 1. The Hall–Kier alpha value is -3.08. The van der Waals surface area contributed by atoms with Crippen molar-refractivity contribution in [1.29, 1.82) is 0 Å². The second-order valence-corrected chi connectivity index (χ2v) is 5.71. The maximum Gasteiger partial charge on any atom is 0.431 e. The van der Waals surface area contributed by atoms with Gasteiger partial charge in [0.05, 0.1) is 0 Å². The van der Waals surface area contributed by atoms with Gasteiger partial charge in [-0.25, -0.2) is 4.79 Å². The summed E-state index contributed by atoms with van der Waals surface area (Å²) in [6.07, 6.45) is -5.30. The molecule has 0 fully saturated rings. The molecule has 1 aromatic carbocycles. The third-order valence-corrected chi connectivity index (χ3v) is 4.09. The van der Waals surface area contributed by atoms with Gasteiger partial charge in [0.2, 0.25) is 0 Å². The molecule has 26 heavy (non-hydrogen) atoms. The van der Waals surface area contributed by atoms with E-state index in [1.165, 1.54) is 24.3 Å². The first-order valence-corrected chi connectivity index (χ1v) is 7.31. The quantitative estimate of drug-likeness (QED) is 0.613. The number of nitrogens with zero attached hydrogens (tertiary/aromatic N) is 1. The van der Waals surface area contributed by atoms with E-state index in [1.807, 2.05) is 0 Å². The Morgan fingerprint density at radius 3 is 2.31 bits per heavy atom. The molecule has 0 saturated heterocycles. The summed E-state index contributed by atoms with van der Waals surface area (Å²) in [7, 11) is 0. The number of aromatic nitrogens is 2. The number of benzene rings is 1. The summed E-state index contributed by atoms with van der Waals surface area (Å²) < 4.78 is 40.3. The van der Waals surface area contributed by atoms with Gasteiger partial charge >= 0.3 is 11.9 Å². The zero-order chi connectivity index (χ0) is 19.3. The average Bonchev–Trinajstić information content (AvgIpc) is 2.81.